The van der Waals surface area contributed by atoms with Crippen LogP contribution in [-0.4, -0.2) is 29.8 Å². The molecule has 0 saturated carbocycles. The maximum absolute atomic E-state index is 10.1. The zero-order valence-electron chi connectivity index (χ0n) is 10.2. The van der Waals surface area contributed by atoms with Gasteiger partial charge in [-0.15, -0.1) is 0 Å². The van der Waals surface area contributed by atoms with E-state index in [2.05, 4.69) is 5.32 Å². The molecule has 1 rings (SSSR count). The van der Waals surface area contributed by atoms with Gasteiger partial charge >= 0.3 is 59.1 Å². The monoisotopic (exact) mass is 276 g/mol. The van der Waals surface area contributed by atoms with Gasteiger partial charge in [0.2, 0.25) is 11.8 Å². The molecule has 1 heterocycles. The molecule has 8 nitrogen and oxygen atoms in total. The van der Waals surface area contributed by atoms with Crippen LogP contribution >= 0.6 is 0 Å². The van der Waals surface area contributed by atoms with Gasteiger partial charge in [0.05, 0.1) is 5.97 Å². The second-order valence-electron chi connectivity index (χ2n) is 2.97. The van der Waals surface area contributed by atoms with Crippen LogP contribution in [0.5, 0.6) is 0 Å². The molecule has 0 bridgehead atoms. The van der Waals surface area contributed by atoms with E-state index in [1.165, 1.54) is 0 Å². The van der Waals surface area contributed by atoms with E-state index in [0.717, 1.165) is 0 Å². The summed E-state index contributed by atoms with van der Waals surface area (Å²) in [6.45, 7) is 0. The molecule has 0 aromatic heterocycles. The minimum atomic E-state index is -1.58. The molecule has 1 atom stereocenters. The summed E-state index contributed by atoms with van der Waals surface area (Å²) in [6.07, 6.45) is 0.0417. The van der Waals surface area contributed by atoms with Crippen LogP contribution < -0.4 is 80.4 Å². The minimum Gasteiger partial charge on any atom is -0.550 e. The first-order valence-electron chi connectivity index (χ1n) is 4.32. The standard InChI is InChI=1S/C4H7NO4.C4H5NO2.2Na/c5-2(4(8)9)1-3(6)7;6-3-1-2-4(7)5-3;;/h2H,1,5H2,(H,6,7)(H,8,9);1-2H2,(H,5,6,7);;/q;;2*+1/p-2/t2-;;;/m0.../s1. The Morgan fingerprint density at radius 2 is 1.56 bits per heavy atom. The summed E-state index contributed by atoms with van der Waals surface area (Å²) >= 11 is 0. The van der Waals surface area contributed by atoms with Crippen LogP contribution in [-0.2, 0) is 19.2 Å². The number of imide groups is 1. The smallest absolute Gasteiger partial charge is 0.550 e. The van der Waals surface area contributed by atoms with Crippen molar-refractivity contribution in [1.82, 2.24) is 5.32 Å². The van der Waals surface area contributed by atoms with Gasteiger partial charge in [-0.2, -0.15) is 0 Å². The van der Waals surface area contributed by atoms with Gasteiger partial charge in [-0.3, -0.25) is 14.9 Å². The Labute approximate surface area is 147 Å². The summed E-state index contributed by atoms with van der Waals surface area (Å²) < 4.78 is 0. The van der Waals surface area contributed by atoms with E-state index in [-0.39, 0.29) is 70.9 Å². The molecule has 0 radical (unpaired) electrons. The Kier molecular flexibility index (Phi) is 15.6. The van der Waals surface area contributed by atoms with Crippen molar-refractivity contribution in [2.75, 3.05) is 0 Å². The summed E-state index contributed by atoms with van der Waals surface area (Å²) in [5, 5.41) is 21.5. The second kappa shape index (κ2) is 12.1. The van der Waals surface area contributed by atoms with Crippen LogP contribution in [0.1, 0.15) is 19.3 Å². The van der Waals surface area contributed by atoms with Crippen LogP contribution in [0.15, 0.2) is 0 Å². The Bertz CT molecular complexity index is 309. The van der Waals surface area contributed by atoms with Gasteiger partial charge in [0.1, 0.15) is 0 Å². The quantitative estimate of drug-likeness (QED) is 0.383. The maximum Gasteiger partial charge on any atom is 1.00 e. The maximum atomic E-state index is 10.1. The largest absolute Gasteiger partial charge is 1.00 e. The molecular formula is C8H10N2Na2O6. The van der Waals surface area contributed by atoms with Crippen molar-refractivity contribution in [1.29, 1.82) is 0 Å². The van der Waals surface area contributed by atoms with E-state index < -0.39 is 24.4 Å². The van der Waals surface area contributed by atoms with Crippen molar-refractivity contribution < 1.29 is 88.5 Å². The van der Waals surface area contributed by atoms with Gasteiger partial charge in [0.25, 0.3) is 0 Å². The Morgan fingerprint density at radius 1 is 1.17 bits per heavy atom. The normalized spacial score (nSPS) is 14.1. The number of hydrogen-bond acceptors (Lipinski definition) is 7. The van der Waals surface area contributed by atoms with E-state index in [1.54, 1.807) is 0 Å². The summed E-state index contributed by atoms with van der Waals surface area (Å²) in [4.78, 5) is 39.6. The van der Waals surface area contributed by atoms with Crippen LogP contribution in [0, 0.1) is 0 Å². The van der Waals surface area contributed by atoms with Crippen LogP contribution in [0.25, 0.3) is 0 Å². The number of hydrogen-bond donors (Lipinski definition) is 2. The van der Waals surface area contributed by atoms with Crippen molar-refractivity contribution >= 4 is 23.8 Å². The number of aliphatic carboxylic acids is 2. The van der Waals surface area contributed by atoms with Gasteiger partial charge in [-0.1, -0.05) is 0 Å². The average molecular weight is 276 g/mol. The molecule has 0 spiro atoms. The minimum absolute atomic E-state index is 0. The number of carboxylic acids is 2. The fourth-order valence-corrected chi connectivity index (χ4v) is 0.770. The van der Waals surface area contributed by atoms with Crippen LogP contribution in [0.2, 0.25) is 0 Å². The van der Waals surface area contributed by atoms with Gasteiger partial charge in [-0.05, 0) is 0 Å². The van der Waals surface area contributed by atoms with Crippen molar-refractivity contribution in [3.05, 3.63) is 0 Å². The van der Waals surface area contributed by atoms with Crippen molar-refractivity contribution in [3.8, 4) is 0 Å². The van der Waals surface area contributed by atoms with Crippen molar-refractivity contribution in [2.24, 2.45) is 5.73 Å². The molecule has 1 aliphatic rings. The Morgan fingerprint density at radius 3 is 1.67 bits per heavy atom. The third-order valence-electron chi connectivity index (χ3n) is 1.55. The molecule has 18 heavy (non-hydrogen) atoms. The predicted molar refractivity (Wildman–Crippen MR) is 45.0 cm³/mol. The molecule has 0 aromatic rings. The van der Waals surface area contributed by atoms with E-state index in [4.69, 9.17) is 5.73 Å². The van der Waals surface area contributed by atoms with Gasteiger partial charge < -0.3 is 25.5 Å². The number of nitrogens with one attached hydrogen (secondary N) is 1. The molecule has 1 aliphatic heterocycles. The predicted octanol–water partition coefficient (Wildman–Crippen LogP) is -10.4. The van der Waals surface area contributed by atoms with E-state index in [1.807, 2.05) is 0 Å². The topological polar surface area (TPSA) is 152 Å². The Balaban J connectivity index is -0.000000229. The van der Waals surface area contributed by atoms with Crippen LogP contribution in [0.4, 0.5) is 0 Å². The number of carboxylic acid groups (broad SMARTS) is 2. The Hall–Kier alpha value is 0.0400. The molecule has 1 saturated heterocycles. The summed E-state index contributed by atoms with van der Waals surface area (Å²) in [6, 6.07) is -1.46. The SMILES string of the molecule is N[C@@H](CC(=O)[O-])C(=O)[O-].O=C1CCC(=O)N1.[Na+].[Na+]. The molecule has 90 valence electrons. The average Bonchev–Trinajstić information content (AvgIpc) is 2.49. The van der Waals surface area contributed by atoms with E-state index in [9.17, 15) is 29.4 Å². The van der Waals surface area contributed by atoms with E-state index in [0.29, 0.717) is 12.8 Å². The molecule has 3 N–H and O–H groups in total. The first-order valence-corrected chi connectivity index (χ1v) is 4.32. The fourth-order valence-electron chi connectivity index (χ4n) is 0.770. The first kappa shape index (κ1) is 23.2. The zero-order chi connectivity index (χ0) is 12.7. The molecule has 0 aromatic carbocycles. The number of rotatable bonds is 3. The third-order valence-corrected chi connectivity index (χ3v) is 1.55. The number of nitrogens with two attached hydrogens (primary N) is 1. The number of carbonyl (C=O) groups excluding carboxylic acids is 4. The van der Waals surface area contributed by atoms with Gasteiger partial charge in [-0.25, -0.2) is 0 Å². The van der Waals surface area contributed by atoms with E-state index >= 15 is 0 Å². The zero-order valence-corrected chi connectivity index (χ0v) is 14.2. The molecule has 10 heteroatoms. The number of amides is 2. The second-order valence-corrected chi connectivity index (χ2v) is 2.97. The molecule has 1 fully saturated rings. The van der Waals surface area contributed by atoms with Crippen molar-refractivity contribution in [3.63, 3.8) is 0 Å². The molecule has 0 unspecified atom stereocenters. The van der Waals surface area contributed by atoms with Gasteiger partial charge in [0.15, 0.2) is 0 Å². The summed E-state index contributed by atoms with van der Waals surface area (Å²) in [7, 11) is 0. The fraction of sp³-hybridized carbons (Fsp3) is 0.500. The summed E-state index contributed by atoms with van der Waals surface area (Å²) in [5.41, 5.74) is 4.73. The number of carbonyl (C=O) groups is 4. The molecular weight excluding hydrogens is 266 g/mol. The summed E-state index contributed by atoms with van der Waals surface area (Å²) in [5.74, 6) is -3.37. The first-order chi connectivity index (χ1) is 7.32. The molecule has 2 amide bonds. The third kappa shape index (κ3) is 12.5. The van der Waals surface area contributed by atoms with Gasteiger partial charge in [0, 0.05) is 31.3 Å². The van der Waals surface area contributed by atoms with Crippen molar-refractivity contribution in [2.45, 2.75) is 25.3 Å². The van der Waals surface area contributed by atoms with Crippen LogP contribution in [0.3, 0.4) is 0 Å². The molecule has 0 aliphatic carbocycles.